The fraction of sp³-hybridized carbons (Fsp3) is 0.500. The van der Waals surface area contributed by atoms with Crippen molar-refractivity contribution in [2.75, 3.05) is 16.2 Å². The van der Waals surface area contributed by atoms with Crippen LogP contribution in [0.2, 0.25) is 0 Å². The molecule has 100 valence electrons. The molecule has 0 aromatic carbocycles. The Morgan fingerprint density at radius 3 is 2.89 bits per heavy atom. The fourth-order valence-corrected chi connectivity index (χ4v) is 3.08. The van der Waals surface area contributed by atoms with Gasteiger partial charge in [0.05, 0.1) is 0 Å². The van der Waals surface area contributed by atoms with Crippen molar-refractivity contribution in [3.63, 3.8) is 0 Å². The Bertz CT molecular complexity index is 639. The monoisotopic (exact) mass is 291 g/mol. The maximum atomic E-state index is 12.0. The molecule has 0 aliphatic carbocycles. The molecule has 2 rings (SSSR count). The third-order valence-corrected chi connectivity index (χ3v) is 4.14. The van der Waals surface area contributed by atoms with Gasteiger partial charge in [-0.05, 0) is 5.92 Å². The van der Waals surface area contributed by atoms with E-state index < -0.39 is 21.6 Å². The molecule has 1 aromatic heterocycles. The van der Waals surface area contributed by atoms with E-state index in [1.807, 2.05) is 6.92 Å². The summed E-state index contributed by atoms with van der Waals surface area (Å²) in [6.45, 7) is 2.37. The molecule has 0 saturated heterocycles. The Hall–Kier alpha value is -1.26. The lowest BCUT2D eigenvalue weighted by Crippen LogP contribution is -2.33. The molecular weight excluding hydrogens is 280 g/mol. The molecule has 2 heterocycles. The predicted molar refractivity (Wildman–Crippen MR) is 66.1 cm³/mol. The van der Waals surface area contributed by atoms with E-state index in [1.165, 1.54) is 16.3 Å². The van der Waals surface area contributed by atoms with Gasteiger partial charge in [-0.15, -0.1) is 0 Å². The summed E-state index contributed by atoms with van der Waals surface area (Å²) in [7, 11) is -4.80. The zero-order chi connectivity index (χ0) is 13.5. The van der Waals surface area contributed by atoms with Gasteiger partial charge in [-0.25, -0.2) is 13.4 Å². The molecule has 1 aliphatic heterocycles. The Labute approximate surface area is 107 Å². The topological polar surface area (TPSA) is 130 Å². The number of nitrogens with zero attached hydrogens (tertiary/aromatic N) is 2. The Morgan fingerprint density at radius 2 is 2.28 bits per heavy atom. The van der Waals surface area contributed by atoms with E-state index in [2.05, 4.69) is 4.98 Å². The van der Waals surface area contributed by atoms with Crippen LogP contribution in [0.3, 0.4) is 0 Å². The highest BCUT2D eigenvalue weighted by Gasteiger charge is 2.22. The Kier molecular flexibility index (Phi) is 3.25. The van der Waals surface area contributed by atoms with Crippen molar-refractivity contribution < 1.29 is 13.0 Å². The quantitative estimate of drug-likeness (QED) is 0.551. The standard InChI is InChI=1S/C8H12N4O4S2/c1-4-2-12-7(13)5(11-18(14,15)16)6(9)10-8(12)17-3-4/h4,11H,2-3,9H2,1H3,(H,14,15,16)/p-1. The van der Waals surface area contributed by atoms with Crippen LogP contribution in [0.15, 0.2) is 9.95 Å². The molecule has 0 saturated carbocycles. The Morgan fingerprint density at radius 1 is 1.61 bits per heavy atom. The number of hydrogen-bond acceptors (Lipinski definition) is 7. The van der Waals surface area contributed by atoms with Crippen LogP contribution in [0.25, 0.3) is 0 Å². The zero-order valence-electron chi connectivity index (χ0n) is 9.41. The third kappa shape index (κ3) is 2.60. The highest BCUT2D eigenvalue weighted by molar-refractivity contribution is 7.99. The molecule has 0 fully saturated rings. The summed E-state index contributed by atoms with van der Waals surface area (Å²) in [6.07, 6.45) is 0. The maximum Gasteiger partial charge on any atom is 0.280 e. The summed E-state index contributed by atoms with van der Waals surface area (Å²) in [5.41, 5.74) is 4.36. The van der Waals surface area contributed by atoms with Gasteiger partial charge in [0, 0.05) is 12.3 Å². The third-order valence-electron chi connectivity index (χ3n) is 2.38. The molecule has 1 atom stereocenters. The number of nitrogens with two attached hydrogens (primary N) is 1. The fourth-order valence-electron chi connectivity index (χ4n) is 1.62. The maximum absolute atomic E-state index is 12.0. The summed E-state index contributed by atoms with van der Waals surface area (Å²) < 4.78 is 34.8. The first-order chi connectivity index (χ1) is 8.28. The molecule has 18 heavy (non-hydrogen) atoms. The van der Waals surface area contributed by atoms with Gasteiger partial charge in [-0.1, -0.05) is 18.7 Å². The number of hydrogen-bond donors (Lipinski definition) is 2. The number of fused-ring (bicyclic) bond motifs is 1. The first-order valence-electron chi connectivity index (χ1n) is 5.04. The summed E-state index contributed by atoms with van der Waals surface area (Å²) in [5, 5.41) is 0.435. The van der Waals surface area contributed by atoms with E-state index in [4.69, 9.17) is 5.73 Å². The number of aromatic nitrogens is 2. The predicted octanol–water partition coefficient (Wildman–Crippen LogP) is -0.561. The smallest absolute Gasteiger partial charge is 0.280 e. The van der Waals surface area contributed by atoms with Gasteiger partial charge >= 0.3 is 0 Å². The van der Waals surface area contributed by atoms with Gasteiger partial charge in [-0.3, -0.25) is 14.1 Å². The van der Waals surface area contributed by atoms with Crippen molar-refractivity contribution in [1.29, 1.82) is 0 Å². The molecule has 1 aromatic rings. The normalized spacial score (nSPS) is 19.3. The van der Waals surface area contributed by atoms with Crippen LogP contribution in [-0.2, 0) is 16.8 Å². The highest BCUT2D eigenvalue weighted by Crippen LogP contribution is 2.27. The molecule has 8 nitrogen and oxygen atoms in total. The van der Waals surface area contributed by atoms with Crippen molar-refractivity contribution in [3.8, 4) is 0 Å². The first-order valence-corrected chi connectivity index (χ1v) is 7.44. The van der Waals surface area contributed by atoms with E-state index >= 15 is 0 Å². The second-order valence-electron chi connectivity index (χ2n) is 4.04. The number of anilines is 2. The molecule has 10 heteroatoms. The number of thioether (sulfide) groups is 1. The number of nitrogens with one attached hydrogen (secondary N) is 1. The van der Waals surface area contributed by atoms with Crippen molar-refractivity contribution in [2.45, 2.75) is 18.6 Å². The van der Waals surface area contributed by atoms with Gasteiger partial charge in [-0.2, -0.15) is 0 Å². The van der Waals surface area contributed by atoms with Gasteiger partial charge < -0.3 is 10.3 Å². The van der Waals surface area contributed by atoms with Crippen LogP contribution in [0.5, 0.6) is 0 Å². The minimum absolute atomic E-state index is 0.252. The molecule has 1 aliphatic rings. The van der Waals surface area contributed by atoms with Gasteiger partial charge in [0.25, 0.3) is 5.56 Å². The summed E-state index contributed by atoms with van der Waals surface area (Å²) in [6, 6.07) is 0. The van der Waals surface area contributed by atoms with Crippen LogP contribution >= 0.6 is 11.8 Å². The van der Waals surface area contributed by atoms with Crippen LogP contribution in [0, 0.1) is 5.92 Å². The molecule has 0 bridgehead atoms. The van der Waals surface area contributed by atoms with Crippen LogP contribution in [0.4, 0.5) is 11.5 Å². The van der Waals surface area contributed by atoms with Gasteiger partial charge in [0.2, 0.25) is 0 Å². The second-order valence-corrected chi connectivity index (χ2v) is 6.14. The largest absolute Gasteiger partial charge is 0.731 e. The Balaban J connectivity index is 2.56. The summed E-state index contributed by atoms with van der Waals surface area (Å²) in [5.74, 6) is 0.772. The summed E-state index contributed by atoms with van der Waals surface area (Å²) >= 11 is 1.37. The SMILES string of the molecule is CC1CSc2nc(N)c(NS(=O)(=O)[O-])c(=O)n2C1. The lowest BCUT2D eigenvalue weighted by Gasteiger charge is -2.23. The molecule has 0 amide bonds. The van der Waals surface area contributed by atoms with Crippen molar-refractivity contribution in [1.82, 2.24) is 9.55 Å². The molecule has 3 N–H and O–H groups in total. The van der Waals surface area contributed by atoms with E-state index in [9.17, 15) is 17.8 Å². The minimum Gasteiger partial charge on any atom is -0.731 e. The second kappa shape index (κ2) is 4.44. The zero-order valence-corrected chi connectivity index (χ0v) is 11.0. The van der Waals surface area contributed by atoms with E-state index in [0.29, 0.717) is 11.7 Å². The highest BCUT2D eigenvalue weighted by atomic mass is 32.2. The minimum atomic E-state index is -4.80. The summed E-state index contributed by atoms with van der Waals surface area (Å²) in [4.78, 5) is 16.0. The molecular formula is C8H11N4O4S2-. The van der Waals surface area contributed by atoms with Gasteiger partial charge in [0.15, 0.2) is 27.0 Å². The number of nitrogen functional groups attached to an aromatic ring is 1. The average molecular weight is 291 g/mol. The van der Waals surface area contributed by atoms with E-state index in [-0.39, 0.29) is 11.7 Å². The van der Waals surface area contributed by atoms with Crippen LogP contribution in [0.1, 0.15) is 6.92 Å². The van der Waals surface area contributed by atoms with Crippen LogP contribution < -0.4 is 16.0 Å². The van der Waals surface area contributed by atoms with Gasteiger partial charge in [0.1, 0.15) is 0 Å². The van der Waals surface area contributed by atoms with Crippen LogP contribution in [-0.4, -0.2) is 28.3 Å². The first kappa shape index (κ1) is 13.2. The lowest BCUT2D eigenvalue weighted by molar-refractivity contribution is 0.460. The van der Waals surface area contributed by atoms with Crippen molar-refractivity contribution in [3.05, 3.63) is 10.4 Å². The molecule has 1 unspecified atom stereocenters. The number of rotatable bonds is 2. The molecule has 0 radical (unpaired) electrons. The van der Waals surface area contributed by atoms with E-state index in [0.717, 1.165) is 5.75 Å². The average Bonchev–Trinajstić information content (AvgIpc) is 2.24. The van der Waals surface area contributed by atoms with Crippen molar-refractivity contribution in [2.24, 2.45) is 5.92 Å². The lowest BCUT2D eigenvalue weighted by atomic mass is 10.2. The molecule has 0 spiro atoms. The van der Waals surface area contributed by atoms with E-state index in [1.54, 1.807) is 4.72 Å². The van der Waals surface area contributed by atoms with Crippen molar-refractivity contribution >= 4 is 33.6 Å².